The summed E-state index contributed by atoms with van der Waals surface area (Å²) < 4.78 is 5.37. The van der Waals surface area contributed by atoms with Gasteiger partial charge in [-0.3, -0.25) is 4.90 Å². The maximum atomic E-state index is 5.37. The summed E-state index contributed by atoms with van der Waals surface area (Å²) in [6.45, 7) is 7.88. The first-order valence-corrected chi connectivity index (χ1v) is 12.2. The van der Waals surface area contributed by atoms with Gasteiger partial charge in [-0.1, -0.05) is 78.9 Å². The van der Waals surface area contributed by atoms with Gasteiger partial charge in [-0.05, 0) is 67.3 Å². The molecule has 1 atom stereocenters. The second-order valence-corrected chi connectivity index (χ2v) is 8.84. The van der Waals surface area contributed by atoms with Crippen LogP contribution in [0.25, 0.3) is 5.57 Å². The lowest BCUT2D eigenvalue weighted by Crippen LogP contribution is -2.35. The molecule has 0 bridgehead atoms. The van der Waals surface area contributed by atoms with Crippen LogP contribution in [0.2, 0.25) is 0 Å². The molecule has 1 saturated heterocycles. The van der Waals surface area contributed by atoms with E-state index in [0.29, 0.717) is 6.04 Å². The van der Waals surface area contributed by atoms with E-state index in [1.54, 1.807) is 7.11 Å². The highest BCUT2D eigenvalue weighted by Gasteiger charge is 2.18. The van der Waals surface area contributed by atoms with E-state index in [2.05, 4.69) is 108 Å². The molecular formula is C30H36N2O. The van der Waals surface area contributed by atoms with Crippen LogP contribution in [0.3, 0.4) is 0 Å². The Hall–Kier alpha value is -2.88. The summed E-state index contributed by atoms with van der Waals surface area (Å²) >= 11 is 0. The summed E-state index contributed by atoms with van der Waals surface area (Å²) in [6.07, 6.45) is 5.08. The van der Waals surface area contributed by atoms with Crippen molar-refractivity contribution in [1.82, 2.24) is 9.80 Å². The number of ether oxygens (including phenoxy) is 1. The second-order valence-electron chi connectivity index (χ2n) is 8.84. The predicted octanol–water partition coefficient (Wildman–Crippen LogP) is 6.29. The average molecular weight is 441 g/mol. The summed E-state index contributed by atoms with van der Waals surface area (Å²) in [4.78, 5) is 5.21. The van der Waals surface area contributed by atoms with Crippen molar-refractivity contribution in [3.63, 3.8) is 0 Å². The molecule has 0 aliphatic carbocycles. The minimum absolute atomic E-state index is 0.322. The van der Waals surface area contributed by atoms with Crippen LogP contribution in [-0.4, -0.2) is 49.6 Å². The molecule has 1 aliphatic heterocycles. The SMILES string of the molecule is COc1ccc(C(C)N(CC=C(c2ccccc2)c2ccccc2)CCN2CCCC2)cc1. The number of benzene rings is 3. The van der Waals surface area contributed by atoms with Gasteiger partial charge >= 0.3 is 0 Å². The van der Waals surface area contributed by atoms with E-state index >= 15 is 0 Å². The average Bonchev–Trinajstić information content (AvgIpc) is 3.41. The zero-order valence-electron chi connectivity index (χ0n) is 20.0. The van der Waals surface area contributed by atoms with Crippen molar-refractivity contribution in [3.05, 3.63) is 108 Å². The lowest BCUT2D eigenvalue weighted by Gasteiger charge is -2.30. The zero-order valence-corrected chi connectivity index (χ0v) is 20.0. The van der Waals surface area contributed by atoms with Gasteiger partial charge in [-0.25, -0.2) is 0 Å². The topological polar surface area (TPSA) is 15.7 Å². The molecule has 33 heavy (non-hydrogen) atoms. The number of hydrogen-bond acceptors (Lipinski definition) is 3. The van der Waals surface area contributed by atoms with Crippen molar-refractivity contribution < 1.29 is 4.74 Å². The second kappa shape index (κ2) is 11.8. The minimum atomic E-state index is 0.322. The molecule has 1 unspecified atom stereocenters. The molecule has 3 heteroatoms. The molecule has 0 radical (unpaired) electrons. The highest BCUT2D eigenvalue weighted by molar-refractivity contribution is 5.79. The number of rotatable bonds is 10. The molecule has 172 valence electrons. The highest BCUT2D eigenvalue weighted by Crippen LogP contribution is 2.26. The zero-order chi connectivity index (χ0) is 22.9. The van der Waals surface area contributed by atoms with Gasteiger partial charge in [0, 0.05) is 25.7 Å². The van der Waals surface area contributed by atoms with Crippen molar-refractivity contribution in [2.45, 2.75) is 25.8 Å². The Morgan fingerprint density at radius 1 is 0.879 bits per heavy atom. The fourth-order valence-corrected chi connectivity index (χ4v) is 4.66. The van der Waals surface area contributed by atoms with Gasteiger partial charge in [0.05, 0.1) is 7.11 Å². The fraction of sp³-hybridized carbons (Fsp3) is 0.333. The first-order chi connectivity index (χ1) is 16.2. The van der Waals surface area contributed by atoms with Gasteiger partial charge in [0.15, 0.2) is 0 Å². The minimum Gasteiger partial charge on any atom is -0.497 e. The molecule has 3 nitrogen and oxygen atoms in total. The fourth-order valence-electron chi connectivity index (χ4n) is 4.66. The third kappa shape index (κ3) is 6.34. The maximum Gasteiger partial charge on any atom is 0.118 e. The maximum absolute atomic E-state index is 5.37. The monoisotopic (exact) mass is 440 g/mol. The lowest BCUT2D eigenvalue weighted by atomic mass is 9.97. The highest BCUT2D eigenvalue weighted by atomic mass is 16.5. The van der Waals surface area contributed by atoms with E-state index in [4.69, 9.17) is 4.74 Å². The molecule has 1 fully saturated rings. The molecule has 0 amide bonds. The Bertz CT molecular complexity index is 951. The van der Waals surface area contributed by atoms with Gasteiger partial charge in [-0.2, -0.15) is 0 Å². The van der Waals surface area contributed by atoms with Crippen molar-refractivity contribution in [3.8, 4) is 5.75 Å². The molecule has 1 heterocycles. The summed E-state index contributed by atoms with van der Waals surface area (Å²) in [5.41, 5.74) is 5.15. The van der Waals surface area contributed by atoms with E-state index in [-0.39, 0.29) is 0 Å². The third-order valence-electron chi connectivity index (χ3n) is 6.75. The van der Waals surface area contributed by atoms with Crippen molar-refractivity contribution in [1.29, 1.82) is 0 Å². The van der Waals surface area contributed by atoms with Crippen LogP contribution < -0.4 is 4.74 Å². The summed E-state index contributed by atoms with van der Waals surface area (Å²) in [5.74, 6) is 0.907. The molecule has 0 saturated carbocycles. The van der Waals surface area contributed by atoms with Crippen LogP contribution in [0.5, 0.6) is 5.75 Å². The molecule has 3 aromatic carbocycles. The molecule has 3 aromatic rings. The molecule has 0 spiro atoms. The van der Waals surface area contributed by atoms with E-state index in [1.807, 2.05) is 0 Å². The standard InChI is InChI=1S/C30H36N2O/c1-25(26-15-17-29(33-2)18-16-26)32(24-23-31-20-9-10-21-31)22-19-30(27-11-5-3-6-12-27)28-13-7-4-8-14-28/h3-8,11-19,25H,9-10,20-24H2,1-2H3. The van der Waals surface area contributed by atoms with E-state index < -0.39 is 0 Å². The van der Waals surface area contributed by atoms with Crippen LogP contribution >= 0.6 is 0 Å². The number of methoxy groups -OCH3 is 1. The largest absolute Gasteiger partial charge is 0.497 e. The lowest BCUT2D eigenvalue weighted by molar-refractivity contribution is 0.197. The molecule has 0 N–H and O–H groups in total. The van der Waals surface area contributed by atoms with Crippen LogP contribution in [0.15, 0.2) is 91.0 Å². The van der Waals surface area contributed by atoms with Gasteiger partial charge in [0.2, 0.25) is 0 Å². The number of hydrogen-bond donors (Lipinski definition) is 0. The van der Waals surface area contributed by atoms with Crippen molar-refractivity contribution >= 4 is 5.57 Å². The Labute approximate surface area is 199 Å². The van der Waals surface area contributed by atoms with Gasteiger partial charge in [0.1, 0.15) is 5.75 Å². The van der Waals surface area contributed by atoms with E-state index in [0.717, 1.165) is 25.4 Å². The van der Waals surface area contributed by atoms with Gasteiger partial charge in [0.25, 0.3) is 0 Å². The number of likely N-dealkylation sites (tertiary alicyclic amines) is 1. The first kappa shape index (κ1) is 23.3. The van der Waals surface area contributed by atoms with Gasteiger partial charge in [-0.15, -0.1) is 0 Å². The summed E-state index contributed by atoms with van der Waals surface area (Å²) in [7, 11) is 1.72. The summed E-state index contributed by atoms with van der Waals surface area (Å²) in [5, 5.41) is 0. The Balaban J connectivity index is 1.59. The van der Waals surface area contributed by atoms with Crippen molar-refractivity contribution in [2.24, 2.45) is 0 Å². The predicted molar refractivity (Wildman–Crippen MR) is 139 cm³/mol. The van der Waals surface area contributed by atoms with E-state index in [1.165, 1.54) is 48.2 Å². The third-order valence-corrected chi connectivity index (χ3v) is 6.75. The van der Waals surface area contributed by atoms with Crippen LogP contribution in [-0.2, 0) is 0 Å². The first-order valence-electron chi connectivity index (χ1n) is 12.2. The Morgan fingerprint density at radius 3 is 2.00 bits per heavy atom. The Kier molecular flexibility index (Phi) is 8.35. The number of nitrogens with zero attached hydrogens (tertiary/aromatic N) is 2. The van der Waals surface area contributed by atoms with Crippen LogP contribution in [0, 0.1) is 0 Å². The normalized spacial score (nSPS) is 14.9. The smallest absolute Gasteiger partial charge is 0.118 e. The molecule has 0 aromatic heterocycles. The van der Waals surface area contributed by atoms with Crippen LogP contribution in [0.1, 0.15) is 42.5 Å². The van der Waals surface area contributed by atoms with E-state index in [9.17, 15) is 0 Å². The molecule has 4 rings (SSSR count). The summed E-state index contributed by atoms with van der Waals surface area (Å²) in [6, 6.07) is 30.4. The quantitative estimate of drug-likeness (QED) is 0.369. The Morgan fingerprint density at radius 2 is 1.45 bits per heavy atom. The molecular weight excluding hydrogens is 404 g/mol. The van der Waals surface area contributed by atoms with Gasteiger partial charge < -0.3 is 9.64 Å². The van der Waals surface area contributed by atoms with Crippen molar-refractivity contribution in [2.75, 3.05) is 39.8 Å². The molecule has 1 aliphatic rings. The van der Waals surface area contributed by atoms with Crippen LogP contribution in [0.4, 0.5) is 0 Å².